The standard InChI is InChI=1S/C10H7F2NO4/c11-6-1-4(9(15)8(14)3-13)5(10(16)17)2-7(6)12/h1-2,8-9,14-15H,(H,16,17). The zero-order valence-electron chi connectivity index (χ0n) is 8.26. The fourth-order valence-electron chi connectivity index (χ4n) is 1.23. The smallest absolute Gasteiger partial charge is 0.336 e. The molecule has 0 amide bonds. The van der Waals surface area contributed by atoms with Gasteiger partial charge < -0.3 is 15.3 Å². The quantitative estimate of drug-likeness (QED) is 0.674. The highest BCUT2D eigenvalue weighted by molar-refractivity contribution is 5.89. The van der Waals surface area contributed by atoms with E-state index in [1.807, 2.05) is 0 Å². The van der Waals surface area contributed by atoms with Crippen molar-refractivity contribution in [2.45, 2.75) is 12.2 Å². The molecule has 0 spiro atoms. The normalized spacial score (nSPS) is 13.8. The Hall–Kier alpha value is -2.04. The number of nitrogens with zero attached hydrogens (tertiary/aromatic N) is 1. The van der Waals surface area contributed by atoms with Crippen LogP contribution >= 0.6 is 0 Å². The molecule has 0 aliphatic rings. The number of hydrogen-bond acceptors (Lipinski definition) is 4. The van der Waals surface area contributed by atoms with Gasteiger partial charge in [-0.1, -0.05) is 0 Å². The fourth-order valence-corrected chi connectivity index (χ4v) is 1.23. The Balaban J connectivity index is 3.36. The van der Waals surface area contributed by atoms with Crippen LogP contribution < -0.4 is 0 Å². The van der Waals surface area contributed by atoms with Gasteiger partial charge in [0.05, 0.1) is 11.6 Å². The van der Waals surface area contributed by atoms with Gasteiger partial charge in [0.15, 0.2) is 17.7 Å². The summed E-state index contributed by atoms with van der Waals surface area (Å²) in [6.07, 6.45) is -3.86. The van der Waals surface area contributed by atoms with E-state index in [9.17, 15) is 18.7 Å². The Bertz CT molecular complexity index is 498. The second-order valence-electron chi connectivity index (χ2n) is 3.18. The molecule has 90 valence electrons. The van der Waals surface area contributed by atoms with Crippen LogP contribution in [-0.4, -0.2) is 27.4 Å². The molecular formula is C10H7F2NO4. The molecule has 7 heteroatoms. The van der Waals surface area contributed by atoms with Gasteiger partial charge in [0.1, 0.15) is 6.10 Å². The summed E-state index contributed by atoms with van der Waals surface area (Å²) < 4.78 is 25.7. The molecule has 0 saturated heterocycles. The first-order valence-corrected chi connectivity index (χ1v) is 4.36. The Morgan fingerprint density at radius 1 is 1.29 bits per heavy atom. The van der Waals surface area contributed by atoms with Gasteiger partial charge >= 0.3 is 5.97 Å². The number of benzene rings is 1. The molecule has 0 radical (unpaired) electrons. The third kappa shape index (κ3) is 2.55. The van der Waals surface area contributed by atoms with Crippen molar-refractivity contribution in [3.63, 3.8) is 0 Å². The van der Waals surface area contributed by atoms with Crippen LogP contribution in [0, 0.1) is 23.0 Å². The van der Waals surface area contributed by atoms with Crippen LogP contribution in [0.2, 0.25) is 0 Å². The number of rotatable bonds is 3. The van der Waals surface area contributed by atoms with Crippen molar-refractivity contribution in [1.82, 2.24) is 0 Å². The summed E-state index contributed by atoms with van der Waals surface area (Å²) in [4.78, 5) is 10.7. The van der Waals surface area contributed by atoms with Gasteiger partial charge in [-0.25, -0.2) is 13.6 Å². The Morgan fingerprint density at radius 3 is 2.29 bits per heavy atom. The summed E-state index contributed by atoms with van der Waals surface area (Å²) in [7, 11) is 0. The number of hydrogen-bond donors (Lipinski definition) is 3. The van der Waals surface area contributed by atoms with Crippen LogP contribution in [0.5, 0.6) is 0 Å². The first kappa shape index (κ1) is 13.0. The van der Waals surface area contributed by atoms with E-state index in [1.165, 1.54) is 6.07 Å². The maximum Gasteiger partial charge on any atom is 0.336 e. The zero-order chi connectivity index (χ0) is 13.2. The second-order valence-corrected chi connectivity index (χ2v) is 3.18. The SMILES string of the molecule is N#CC(O)C(O)c1cc(F)c(F)cc1C(=O)O. The van der Waals surface area contributed by atoms with Crippen molar-refractivity contribution in [3.05, 3.63) is 34.9 Å². The number of carboxylic acid groups (broad SMARTS) is 1. The molecule has 0 saturated carbocycles. The van der Waals surface area contributed by atoms with E-state index in [-0.39, 0.29) is 0 Å². The molecule has 2 unspecified atom stereocenters. The molecule has 5 nitrogen and oxygen atoms in total. The third-order valence-corrected chi connectivity index (χ3v) is 2.07. The summed E-state index contributed by atoms with van der Waals surface area (Å²) in [5.41, 5.74) is -1.28. The topological polar surface area (TPSA) is 102 Å². The highest BCUT2D eigenvalue weighted by atomic mass is 19.2. The van der Waals surface area contributed by atoms with E-state index in [0.717, 1.165) is 0 Å². The molecule has 1 rings (SSSR count). The molecule has 1 aromatic rings. The number of carbonyl (C=O) groups is 1. The molecule has 17 heavy (non-hydrogen) atoms. The van der Waals surface area contributed by atoms with Gasteiger partial charge in [0.25, 0.3) is 0 Å². The van der Waals surface area contributed by atoms with E-state index in [2.05, 4.69) is 0 Å². The number of aromatic carboxylic acids is 1. The average molecular weight is 243 g/mol. The summed E-state index contributed by atoms with van der Waals surface area (Å²) in [6.45, 7) is 0. The monoisotopic (exact) mass is 243 g/mol. The largest absolute Gasteiger partial charge is 0.478 e. The highest BCUT2D eigenvalue weighted by Gasteiger charge is 2.25. The van der Waals surface area contributed by atoms with Crippen LogP contribution in [0.4, 0.5) is 8.78 Å². The number of carboxylic acids is 1. The van der Waals surface area contributed by atoms with E-state index >= 15 is 0 Å². The van der Waals surface area contributed by atoms with Gasteiger partial charge in [-0.2, -0.15) is 5.26 Å². The zero-order valence-corrected chi connectivity index (χ0v) is 8.26. The summed E-state index contributed by atoms with van der Waals surface area (Å²) in [5.74, 6) is -4.39. The predicted octanol–water partition coefficient (Wildman–Crippen LogP) is 0.581. The number of nitriles is 1. The molecule has 3 N–H and O–H groups in total. The van der Waals surface area contributed by atoms with Crippen LogP contribution in [0.1, 0.15) is 22.0 Å². The molecule has 0 aromatic heterocycles. The van der Waals surface area contributed by atoms with Gasteiger partial charge in [-0.3, -0.25) is 0 Å². The fraction of sp³-hybridized carbons (Fsp3) is 0.200. The minimum Gasteiger partial charge on any atom is -0.478 e. The first-order valence-electron chi connectivity index (χ1n) is 4.36. The lowest BCUT2D eigenvalue weighted by molar-refractivity contribution is 0.0495. The van der Waals surface area contributed by atoms with Crippen LogP contribution in [0.3, 0.4) is 0 Å². The lowest BCUT2D eigenvalue weighted by Crippen LogP contribution is -2.19. The molecular weight excluding hydrogens is 236 g/mol. The molecule has 0 heterocycles. The lowest BCUT2D eigenvalue weighted by Gasteiger charge is -2.14. The first-order chi connectivity index (χ1) is 7.88. The van der Waals surface area contributed by atoms with E-state index in [4.69, 9.17) is 15.5 Å². The van der Waals surface area contributed by atoms with Gasteiger partial charge in [0.2, 0.25) is 0 Å². The summed E-state index contributed by atoms with van der Waals surface area (Å²) in [6, 6.07) is 2.07. The number of aliphatic hydroxyl groups excluding tert-OH is 2. The molecule has 2 atom stereocenters. The van der Waals surface area contributed by atoms with Gasteiger partial charge in [0, 0.05) is 5.56 Å². The second kappa shape index (κ2) is 4.86. The van der Waals surface area contributed by atoms with Crippen molar-refractivity contribution >= 4 is 5.97 Å². The minimum atomic E-state index is -1.93. The third-order valence-electron chi connectivity index (χ3n) is 2.07. The Labute approximate surface area is 94.2 Å². The molecule has 1 aromatic carbocycles. The average Bonchev–Trinajstić information content (AvgIpc) is 2.29. The minimum absolute atomic E-state index is 0.375. The van der Waals surface area contributed by atoms with Crippen LogP contribution in [-0.2, 0) is 0 Å². The van der Waals surface area contributed by atoms with Gasteiger partial charge in [-0.15, -0.1) is 0 Å². The Kier molecular flexibility index (Phi) is 3.73. The van der Waals surface area contributed by atoms with Crippen molar-refractivity contribution in [3.8, 4) is 6.07 Å². The molecule has 0 aliphatic carbocycles. The Morgan fingerprint density at radius 2 is 1.82 bits per heavy atom. The van der Waals surface area contributed by atoms with E-state index < -0.39 is 40.9 Å². The molecule has 0 fully saturated rings. The van der Waals surface area contributed by atoms with Crippen LogP contribution in [0.25, 0.3) is 0 Å². The van der Waals surface area contributed by atoms with Crippen molar-refractivity contribution in [1.29, 1.82) is 5.26 Å². The van der Waals surface area contributed by atoms with Gasteiger partial charge in [-0.05, 0) is 12.1 Å². The van der Waals surface area contributed by atoms with Crippen molar-refractivity contribution in [2.24, 2.45) is 0 Å². The summed E-state index contributed by atoms with van der Waals surface area (Å²) in [5, 5.41) is 35.5. The lowest BCUT2D eigenvalue weighted by atomic mass is 9.98. The highest BCUT2D eigenvalue weighted by Crippen LogP contribution is 2.24. The van der Waals surface area contributed by atoms with Crippen molar-refractivity contribution in [2.75, 3.05) is 0 Å². The number of halogens is 2. The van der Waals surface area contributed by atoms with E-state index in [0.29, 0.717) is 12.1 Å². The van der Waals surface area contributed by atoms with E-state index in [1.54, 1.807) is 0 Å². The number of aliphatic hydroxyl groups is 2. The van der Waals surface area contributed by atoms with Crippen LogP contribution in [0.15, 0.2) is 12.1 Å². The molecule has 0 aliphatic heterocycles. The maximum atomic E-state index is 12.9. The summed E-state index contributed by atoms with van der Waals surface area (Å²) >= 11 is 0. The molecule has 0 bridgehead atoms. The van der Waals surface area contributed by atoms with Crippen molar-refractivity contribution < 1.29 is 28.9 Å². The maximum absolute atomic E-state index is 12.9. The predicted molar refractivity (Wildman–Crippen MR) is 49.9 cm³/mol.